The molecule has 0 saturated carbocycles. The average molecular weight is 340 g/mol. The van der Waals surface area contributed by atoms with Crippen LogP contribution in [0.15, 0.2) is 42.5 Å². The Balaban J connectivity index is 2.00. The molecule has 0 fully saturated rings. The highest BCUT2D eigenvalue weighted by atomic mass is 35.5. The predicted molar refractivity (Wildman–Crippen MR) is 79.4 cm³/mol. The average Bonchev–Trinajstić information content (AvgIpc) is 3.03. The first kappa shape index (κ1) is 15.3. The Kier molecular flexibility index (Phi) is 3.91. The summed E-state index contributed by atoms with van der Waals surface area (Å²) in [6, 6.07) is 9.96. The van der Waals surface area contributed by atoms with Gasteiger partial charge in [-0.15, -0.1) is 10.2 Å². The van der Waals surface area contributed by atoms with Crippen molar-refractivity contribution >= 4 is 23.0 Å². The molecular formula is C14H9ClF3N5. The number of anilines is 2. The van der Waals surface area contributed by atoms with Crippen molar-refractivity contribution in [1.82, 2.24) is 20.6 Å². The van der Waals surface area contributed by atoms with Crippen LogP contribution in [0.25, 0.3) is 11.4 Å². The number of nitrogens with zero attached hydrogens (tertiary/aromatic N) is 3. The maximum absolute atomic E-state index is 12.8. The molecule has 1 heterocycles. The zero-order valence-electron chi connectivity index (χ0n) is 11.4. The van der Waals surface area contributed by atoms with Gasteiger partial charge in [-0.3, -0.25) is 0 Å². The summed E-state index contributed by atoms with van der Waals surface area (Å²) in [5.74, 6) is 0.316. The number of aromatic amines is 1. The van der Waals surface area contributed by atoms with Gasteiger partial charge in [-0.1, -0.05) is 23.7 Å². The van der Waals surface area contributed by atoms with Gasteiger partial charge in [-0.05, 0) is 35.5 Å². The van der Waals surface area contributed by atoms with Gasteiger partial charge in [-0.25, -0.2) is 0 Å². The lowest BCUT2D eigenvalue weighted by Crippen LogP contribution is -2.05. The summed E-state index contributed by atoms with van der Waals surface area (Å²) in [6.07, 6.45) is -4.45. The van der Waals surface area contributed by atoms with Gasteiger partial charge >= 0.3 is 6.18 Å². The number of hydrogen-bond acceptors (Lipinski definition) is 4. The van der Waals surface area contributed by atoms with E-state index in [-0.39, 0.29) is 10.7 Å². The maximum atomic E-state index is 12.8. The minimum absolute atomic E-state index is 0.137. The molecule has 5 nitrogen and oxygen atoms in total. The monoisotopic (exact) mass is 339 g/mol. The summed E-state index contributed by atoms with van der Waals surface area (Å²) in [5, 5.41) is 16.6. The normalized spacial score (nSPS) is 11.5. The van der Waals surface area contributed by atoms with Gasteiger partial charge in [-0.2, -0.15) is 18.4 Å². The molecule has 23 heavy (non-hydrogen) atoms. The van der Waals surface area contributed by atoms with E-state index in [9.17, 15) is 13.2 Å². The number of benzene rings is 2. The molecule has 2 aromatic carbocycles. The summed E-state index contributed by atoms with van der Waals surface area (Å²) in [6.45, 7) is 0. The molecule has 0 atom stereocenters. The van der Waals surface area contributed by atoms with E-state index in [2.05, 4.69) is 25.9 Å². The van der Waals surface area contributed by atoms with Crippen molar-refractivity contribution in [3.05, 3.63) is 53.1 Å². The minimum atomic E-state index is -4.45. The fourth-order valence-electron chi connectivity index (χ4n) is 2.01. The fourth-order valence-corrected chi connectivity index (χ4v) is 2.17. The van der Waals surface area contributed by atoms with Crippen LogP contribution in [0.2, 0.25) is 5.02 Å². The molecule has 2 N–H and O–H groups in total. The lowest BCUT2D eigenvalue weighted by molar-refractivity contribution is -0.137. The van der Waals surface area contributed by atoms with Crippen molar-refractivity contribution in [3.63, 3.8) is 0 Å². The predicted octanol–water partition coefficient (Wildman–Crippen LogP) is 4.28. The molecule has 3 aromatic rings. The van der Waals surface area contributed by atoms with E-state index in [1.165, 1.54) is 6.07 Å². The molecule has 9 heteroatoms. The highest BCUT2D eigenvalue weighted by Gasteiger charge is 2.31. The molecule has 0 spiro atoms. The van der Waals surface area contributed by atoms with Crippen molar-refractivity contribution in [3.8, 4) is 11.4 Å². The number of hydrogen-bond donors (Lipinski definition) is 2. The SMILES string of the molecule is FC(F)(F)c1ccc(Cl)c(Nc2ccccc2-c2nn[nH]n2)c1. The molecule has 0 amide bonds. The molecule has 1 aromatic heterocycles. The first-order valence-corrected chi connectivity index (χ1v) is 6.79. The topological polar surface area (TPSA) is 66.5 Å². The Labute approximate surface area is 133 Å². The number of halogens is 4. The Bertz CT molecular complexity index is 818. The second-order valence-electron chi connectivity index (χ2n) is 4.60. The molecule has 0 aliphatic carbocycles. The van der Waals surface area contributed by atoms with Gasteiger partial charge in [0.2, 0.25) is 5.82 Å². The third kappa shape index (κ3) is 3.26. The van der Waals surface area contributed by atoms with E-state index < -0.39 is 11.7 Å². The largest absolute Gasteiger partial charge is 0.416 e. The smallest absolute Gasteiger partial charge is 0.354 e. The van der Waals surface area contributed by atoms with E-state index in [1.807, 2.05) is 0 Å². The van der Waals surface area contributed by atoms with Gasteiger partial charge in [0.25, 0.3) is 0 Å². The summed E-state index contributed by atoms with van der Waals surface area (Å²) < 4.78 is 38.5. The van der Waals surface area contributed by atoms with Gasteiger partial charge in [0.15, 0.2) is 0 Å². The van der Waals surface area contributed by atoms with Crippen LogP contribution in [0, 0.1) is 0 Å². The highest BCUT2D eigenvalue weighted by molar-refractivity contribution is 6.33. The molecule has 0 aliphatic heterocycles. The second-order valence-corrected chi connectivity index (χ2v) is 5.01. The fraction of sp³-hybridized carbons (Fsp3) is 0.0714. The third-order valence-electron chi connectivity index (χ3n) is 3.08. The maximum Gasteiger partial charge on any atom is 0.416 e. The Morgan fingerprint density at radius 1 is 1.04 bits per heavy atom. The molecule has 0 radical (unpaired) electrons. The van der Waals surface area contributed by atoms with Crippen molar-refractivity contribution in [2.75, 3.05) is 5.32 Å². The summed E-state index contributed by atoms with van der Waals surface area (Å²) in [7, 11) is 0. The molecule has 118 valence electrons. The number of alkyl halides is 3. The number of rotatable bonds is 3. The van der Waals surface area contributed by atoms with Gasteiger partial charge in [0, 0.05) is 11.3 Å². The van der Waals surface area contributed by atoms with E-state index in [0.29, 0.717) is 17.1 Å². The van der Waals surface area contributed by atoms with Crippen molar-refractivity contribution < 1.29 is 13.2 Å². The van der Waals surface area contributed by atoms with E-state index in [1.54, 1.807) is 24.3 Å². The van der Waals surface area contributed by atoms with E-state index in [4.69, 9.17) is 11.6 Å². The first-order chi connectivity index (χ1) is 10.9. The van der Waals surface area contributed by atoms with Crippen LogP contribution in [-0.2, 0) is 6.18 Å². The van der Waals surface area contributed by atoms with Gasteiger partial charge < -0.3 is 5.32 Å². The number of aromatic nitrogens is 4. The molecule has 0 aliphatic rings. The second kappa shape index (κ2) is 5.88. The van der Waals surface area contributed by atoms with Crippen LogP contribution in [0.1, 0.15) is 5.56 Å². The van der Waals surface area contributed by atoms with Crippen LogP contribution >= 0.6 is 11.6 Å². The Morgan fingerprint density at radius 2 is 1.83 bits per heavy atom. The number of nitrogens with one attached hydrogen (secondary N) is 2. The molecule has 3 rings (SSSR count). The van der Waals surface area contributed by atoms with Crippen LogP contribution in [0.4, 0.5) is 24.5 Å². The first-order valence-electron chi connectivity index (χ1n) is 6.42. The third-order valence-corrected chi connectivity index (χ3v) is 3.41. The molecular weight excluding hydrogens is 331 g/mol. The number of tetrazole rings is 1. The Hall–Kier alpha value is -2.61. The molecule has 0 unspecified atom stereocenters. The number of H-pyrrole nitrogens is 1. The van der Waals surface area contributed by atoms with E-state index in [0.717, 1.165) is 12.1 Å². The van der Waals surface area contributed by atoms with Crippen molar-refractivity contribution in [1.29, 1.82) is 0 Å². The van der Waals surface area contributed by atoms with Gasteiger partial charge in [0.05, 0.1) is 16.3 Å². The van der Waals surface area contributed by atoms with Crippen LogP contribution in [0.3, 0.4) is 0 Å². The number of para-hydroxylation sites is 1. The van der Waals surface area contributed by atoms with Crippen LogP contribution < -0.4 is 5.32 Å². The minimum Gasteiger partial charge on any atom is -0.354 e. The van der Waals surface area contributed by atoms with Crippen molar-refractivity contribution in [2.45, 2.75) is 6.18 Å². The lowest BCUT2D eigenvalue weighted by Gasteiger charge is -2.14. The van der Waals surface area contributed by atoms with E-state index >= 15 is 0 Å². The van der Waals surface area contributed by atoms with Crippen LogP contribution in [0.5, 0.6) is 0 Å². The van der Waals surface area contributed by atoms with Crippen LogP contribution in [-0.4, -0.2) is 20.6 Å². The summed E-state index contributed by atoms with van der Waals surface area (Å²) in [4.78, 5) is 0. The quantitative estimate of drug-likeness (QED) is 0.747. The van der Waals surface area contributed by atoms with Crippen molar-refractivity contribution in [2.24, 2.45) is 0 Å². The summed E-state index contributed by atoms with van der Waals surface area (Å²) in [5.41, 5.74) is 0.434. The standard InChI is InChI=1S/C14H9ClF3N5/c15-10-6-5-8(14(16,17)18)7-12(10)19-11-4-2-1-3-9(11)13-20-22-23-21-13/h1-7,19H,(H,20,21,22,23). The summed E-state index contributed by atoms with van der Waals surface area (Å²) >= 11 is 5.99. The molecule has 0 saturated heterocycles. The van der Waals surface area contributed by atoms with Gasteiger partial charge in [0.1, 0.15) is 0 Å². The molecule has 0 bridgehead atoms. The Morgan fingerprint density at radius 3 is 2.52 bits per heavy atom. The highest BCUT2D eigenvalue weighted by Crippen LogP contribution is 2.36. The zero-order valence-corrected chi connectivity index (χ0v) is 12.2. The zero-order chi connectivity index (χ0) is 16.4. The lowest BCUT2D eigenvalue weighted by atomic mass is 10.1.